The second-order valence-electron chi connectivity index (χ2n) is 4.26. The minimum absolute atomic E-state index is 0.198. The van der Waals surface area contributed by atoms with Gasteiger partial charge in [0, 0.05) is 10.6 Å². The Labute approximate surface area is 133 Å². The summed E-state index contributed by atoms with van der Waals surface area (Å²) in [7, 11) is 0. The van der Waals surface area contributed by atoms with Gasteiger partial charge in [0.2, 0.25) is 5.04 Å². The zero-order valence-electron chi connectivity index (χ0n) is 12.2. The topological polar surface area (TPSA) is 76.7 Å². The zero-order valence-corrected chi connectivity index (χ0v) is 13.0. The number of carbonyl (C=O) groups excluding carboxylic acids is 1. The largest absolute Gasteiger partial charge is 0.461 e. The van der Waals surface area contributed by atoms with Crippen LogP contribution < -0.4 is 11.2 Å². The maximum atomic E-state index is 12.0. The van der Waals surface area contributed by atoms with Gasteiger partial charge in [0.05, 0.1) is 12.3 Å². The molecular weight excluding hydrogens is 298 g/mol. The predicted octanol–water partition coefficient (Wildman–Crippen LogP) is 3.35. The summed E-state index contributed by atoms with van der Waals surface area (Å²) in [6.07, 6.45) is 0. The molecule has 3 N–H and O–H groups in total. The summed E-state index contributed by atoms with van der Waals surface area (Å²) in [4.78, 5) is 12.8. The molecule has 2 rings (SSSR count). The zero-order chi connectivity index (χ0) is 15.8. The van der Waals surface area contributed by atoms with Crippen LogP contribution in [0.5, 0.6) is 0 Å². The van der Waals surface area contributed by atoms with Crippen molar-refractivity contribution in [3.8, 4) is 0 Å². The fraction of sp³-hybridized carbons (Fsp3) is 0.125. The Morgan fingerprint density at radius 2 is 1.86 bits per heavy atom. The summed E-state index contributed by atoms with van der Waals surface area (Å²) in [5.74, 6) is -0.487. The third kappa shape index (κ3) is 4.53. The number of benzene rings is 2. The Bertz CT molecular complexity index is 659. The van der Waals surface area contributed by atoms with Gasteiger partial charge in [0.1, 0.15) is 0 Å². The number of hydrazone groups is 1. The van der Waals surface area contributed by atoms with Gasteiger partial charge in [-0.15, -0.1) is 0 Å². The van der Waals surface area contributed by atoms with E-state index < -0.39 is 5.97 Å². The lowest BCUT2D eigenvalue weighted by molar-refractivity contribution is -0.134. The highest BCUT2D eigenvalue weighted by Crippen LogP contribution is 2.26. The molecule has 0 aliphatic rings. The Kier molecular flexibility index (Phi) is 5.85. The van der Waals surface area contributed by atoms with E-state index in [0.29, 0.717) is 5.69 Å². The number of hydrogen-bond acceptors (Lipinski definition) is 6. The molecule has 0 unspecified atom stereocenters. The molecule has 5 nitrogen and oxygen atoms in total. The number of anilines is 2. The van der Waals surface area contributed by atoms with Crippen LogP contribution in [0.15, 0.2) is 64.6 Å². The fourth-order valence-corrected chi connectivity index (χ4v) is 2.38. The lowest BCUT2D eigenvalue weighted by atomic mass is 10.3. The number of carbonyl (C=O) groups is 1. The van der Waals surface area contributed by atoms with Crippen molar-refractivity contribution < 1.29 is 9.53 Å². The predicted molar refractivity (Wildman–Crippen MR) is 90.8 cm³/mol. The van der Waals surface area contributed by atoms with Crippen LogP contribution in [0.25, 0.3) is 0 Å². The second kappa shape index (κ2) is 8.09. The average Bonchev–Trinajstić information content (AvgIpc) is 2.54. The van der Waals surface area contributed by atoms with Crippen molar-refractivity contribution in [1.29, 1.82) is 0 Å². The van der Waals surface area contributed by atoms with E-state index in [0.717, 1.165) is 10.6 Å². The maximum Gasteiger partial charge on any atom is 0.365 e. The summed E-state index contributed by atoms with van der Waals surface area (Å²) in [6, 6.07) is 16.7. The van der Waals surface area contributed by atoms with E-state index >= 15 is 0 Å². The maximum absolute atomic E-state index is 12.0. The van der Waals surface area contributed by atoms with Crippen LogP contribution in [0.3, 0.4) is 0 Å². The number of nitrogens with two attached hydrogens (primary N) is 1. The van der Waals surface area contributed by atoms with Gasteiger partial charge in [-0.05, 0) is 31.2 Å². The number of hydrogen-bond donors (Lipinski definition) is 2. The van der Waals surface area contributed by atoms with Crippen LogP contribution >= 0.6 is 11.8 Å². The van der Waals surface area contributed by atoms with Crippen molar-refractivity contribution >= 4 is 34.1 Å². The number of rotatable bonds is 4. The number of thioether (sulfide) groups is 1. The quantitative estimate of drug-likeness (QED) is 0.226. The number of nitrogens with zero attached hydrogens (tertiary/aromatic N) is 1. The van der Waals surface area contributed by atoms with Crippen LogP contribution in [0.4, 0.5) is 11.4 Å². The van der Waals surface area contributed by atoms with E-state index in [2.05, 4.69) is 10.5 Å². The van der Waals surface area contributed by atoms with Gasteiger partial charge in [-0.25, -0.2) is 4.79 Å². The molecule has 0 bridgehead atoms. The Hall–Kier alpha value is -2.47. The van der Waals surface area contributed by atoms with Gasteiger partial charge in [-0.3, -0.25) is 5.43 Å². The Morgan fingerprint density at radius 3 is 2.55 bits per heavy atom. The van der Waals surface area contributed by atoms with Gasteiger partial charge < -0.3 is 10.5 Å². The summed E-state index contributed by atoms with van der Waals surface area (Å²) in [6.45, 7) is 2.04. The molecule has 0 spiro atoms. The van der Waals surface area contributed by atoms with E-state index in [1.54, 1.807) is 13.0 Å². The molecule has 114 valence electrons. The van der Waals surface area contributed by atoms with Crippen molar-refractivity contribution in [2.24, 2.45) is 5.10 Å². The van der Waals surface area contributed by atoms with Crippen molar-refractivity contribution in [3.63, 3.8) is 0 Å². The van der Waals surface area contributed by atoms with Crippen molar-refractivity contribution in [2.75, 3.05) is 17.8 Å². The second-order valence-corrected chi connectivity index (χ2v) is 5.29. The fourth-order valence-electron chi connectivity index (χ4n) is 1.61. The molecule has 0 heterocycles. The number of ether oxygens (including phenoxy) is 1. The molecule has 0 saturated carbocycles. The van der Waals surface area contributed by atoms with Gasteiger partial charge in [-0.1, -0.05) is 42.1 Å². The molecule has 0 aromatic heterocycles. The highest BCUT2D eigenvalue weighted by Gasteiger charge is 2.16. The summed E-state index contributed by atoms with van der Waals surface area (Å²) in [5.41, 5.74) is 10.1. The molecule has 0 atom stereocenters. The highest BCUT2D eigenvalue weighted by atomic mass is 32.2. The molecular formula is C16H17N3O2S. The molecule has 2 aromatic rings. The number of para-hydroxylation sites is 2. The van der Waals surface area contributed by atoms with Crippen molar-refractivity contribution in [3.05, 3.63) is 54.6 Å². The van der Waals surface area contributed by atoms with Gasteiger partial charge in [0.15, 0.2) is 0 Å². The molecule has 0 saturated heterocycles. The number of nitrogen functional groups attached to an aromatic ring is 1. The third-order valence-corrected chi connectivity index (χ3v) is 3.68. The van der Waals surface area contributed by atoms with Gasteiger partial charge in [-0.2, -0.15) is 5.10 Å². The van der Waals surface area contributed by atoms with Gasteiger partial charge in [0.25, 0.3) is 0 Å². The summed E-state index contributed by atoms with van der Waals surface area (Å²) < 4.78 is 5.03. The lowest BCUT2D eigenvalue weighted by Gasteiger charge is -2.08. The van der Waals surface area contributed by atoms with Crippen LogP contribution in [0.1, 0.15) is 6.92 Å². The Morgan fingerprint density at radius 1 is 1.18 bits per heavy atom. The molecule has 0 aliphatic heterocycles. The molecule has 0 radical (unpaired) electrons. The van der Waals surface area contributed by atoms with Crippen molar-refractivity contribution in [1.82, 2.24) is 0 Å². The van der Waals surface area contributed by atoms with E-state index in [-0.39, 0.29) is 11.7 Å². The Balaban J connectivity index is 2.19. The van der Waals surface area contributed by atoms with E-state index in [1.807, 2.05) is 48.5 Å². The van der Waals surface area contributed by atoms with Crippen molar-refractivity contribution in [2.45, 2.75) is 11.8 Å². The third-order valence-electron chi connectivity index (χ3n) is 2.64. The van der Waals surface area contributed by atoms with Crippen LogP contribution in [-0.2, 0) is 9.53 Å². The van der Waals surface area contributed by atoms with Crippen LogP contribution in [0.2, 0.25) is 0 Å². The first-order valence-electron chi connectivity index (χ1n) is 6.79. The number of nitrogens with one attached hydrogen (secondary N) is 1. The molecule has 2 aromatic carbocycles. The average molecular weight is 315 g/mol. The van der Waals surface area contributed by atoms with Gasteiger partial charge >= 0.3 is 5.97 Å². The minimum atomic E-state index is -0.487. The first kappa shape index (κ1) is 15.9. The van der Waals surface area contributed by atoms with Crippen LogP contribution in [0, 0.1) is 0 Å². The minimum Gasteiger partial charge on any atom is -0.461 e. The first-order valence-corrected chi connectivity index (χ1v) is 7.60. The summed E-state index contributed by atoms with van der Waals surface area (Å²) in [5, 5.41) is 4.35. The van der Waals surface area contributed by atoms with Crippen LogP contribution in [-0.4, -0.2) is 17.6 Å². The molecule has 0 aliphatic carbocycles. The van der Waals surface area contributed by atoms with E-state index in [4.69, 9.17) is 10.5 Å². The molecule has 0 amide bonds. The van der Waals surface area contributed by atoms with E-state index in [9.17, 15) is 4.79 Å². The highest BCUT2D eigenvalue weighted by molar-refractivity contribution is 8.15. The van der Waals surface area contributed by atoms with E-state index in [1.165, 1.54) is 11.8 Å². The smallest absolute Gasteiger partial charge is 0.365 e. The molecule has 0 fully saturated rings. The first-order chi connectivity index (χ1) is 10.7. The normalized spacial score (nSPS) is 11.0. The molecule has 22 heavy (non-hydrogen) atoms. The SMILES string of the molecule is CCOC(=O)/C(=N\Nc1ccccc1)Sc1ccccc1N. The lowest BCUT2D eigenvalue weighted by Crippen LogP contribution is -2.16. The molecule has 6 heteroatoms. The summed E-state index contributed by atoms with van der Waals surface area (Å²) >= 11 is 1.17. The standard InChI is InChI=1S/C16H17N3O2S/c1-2-21-16(20)15(19-18-12-8-4-3-5-9-12)22-14-11-7-6-10-13(14)17/h3-11,18H,2,17H2,1H3/b19-15+. The monoisotopic (exact) mass is 315 g/mol. The number of esters is 1.